The third-order valence-corrected chi connectivity index (χ3v) is 2.78. The first kappa shape index (κ1) is 14.7. The van der Waals surface area contributed by atoms with Gasteiger partial charge in [-0.3, -0.25) is 15.1 Å². The van der Waals surface area contributed by atoms with Crippen molar-refractivity contribution in [1.29, 1.82) is 0 Å². The molecule has 0 radical (unpaired) electrons. The molecule has 0 saturated heterocycles. The Balaban J connectivity index is 2.74. The lowest BCUT2D eigenvalue weighted by molar-refractivity contribution is 0.0944. The molecule has 1 aromatic rings. The standard InChI is InChI=1S/C12H21N3O3/c1-9(2)15(5-7-17-3)8-11-10(4-6-18-11)12(16)14-13/h4,6,9H,5,7-8,13H2,1-3H3,(H,14,16). The summed E-state index contributed by atoms with van der Waals surface area (Å²) in [6.45, 7) is 6.13. The molecule has 0 unspecified atom stereocenters. The molecule has 1 rings (SSSR count). The van der Waals surface area contributed by atoms with Crippen molar-refractivity contribution >= 4 is 5.91 Å². The van der Waals surface area contributed by atoms with E-state index >= 15 is 0 Å². The van der Waals surface area contributed by atoms with Gasteiger partial charge in [-0.25, -0.2) is 5.84 Å². The second-order valence-electron chi connectivity index (χ2n) is 4.29. The van der Waals surface area contributed by atoms with Gasteiger partial charge in [-0.15, -0.1) is 0 Å². The number of hydrazine groups is 1. The normalized spacial score (nSPS) is 11.2. The average Bonchev–Trinajstić information content (AvgIpc) is 2.81. The van der Waals surface area contributed by atoms with Crippen molar-refractivity contribution in [3.05, 3.63) is 23.7 Å². The molecular weight excluding hydrogens is 234 g/mol. The SMILES string of the molecule is COCCN(Cc1occc1C(=O)NN)C(C)C. The Morgan fingerprint density at radius 3 is 2.89 bits per heavy atom. The van der Waals surface area contributed by atoms with Crippen LogP contribution in [0.2, 0.25) is 0 Å². The third kappa shape index (κ3) is 3.83. The molecule has 102 valence electrons. The highest BCUT2D eigenvalue weighted by molar-refractivity contribution is 5.94. The van der Waals surface area contributed by atoms with E-state index in [4.69, 9.17) is 15.0 Å². The maximum absolute atomic E-state index is 11.5. The zero-order valence-corrected chi connectivity index (χ0v) is 11.1. The molecule has 0 aliphatic rings. The van der Waals surface area contributed by atoms with Crippen molar-refractivity contribution in [3.8, 4) is 0 Å². The van der Waals surface area contributed by atoms with Gasteiger partial charge in [0, 0.05) is 19.7 Å². The van der Waals surface area contributed by atoms with Crippen molar-refractivity contribution < 1.29 is 13.9 Å². The number of hydrogen-bond acceptors (Lipinski definition) is 5. The van der Waals surface area contributed by atoms with Crippen molar-refractivity contribution in [2.75, 3.05) is 20.3 Å². The van der Waals surface area contributed by atoms with Gasteiger partial charge >= 0.3 is 0 Å². The van der Waals surface area contributed by atoms with Gasteiger partial charge in [-0.05, 0) is 19.9 Å². The number of rotatable bonds is 7. The minimum absolute atomic E-state index is 0.332. The van der Waals surface area contributed by atoms with E-state index in [1.165, 1.54) is 6.26 Å². The van der Waals surface area contributed by atoms with Crippen LogP contribution in [0, 0.1) is 0 Å². The second kappa shape index (κ2) is 7.15. The van der Waals surface area contributed by atoms with Gasteiger partial charge in [-0.2, -0.15) is 0 Å². The number of furan rings is 1. The van der Waals surface area contributed by atoms with Gasteiger partial charge < -0.3 is 9.15 Å². The molecule has 1 aromatic heterocycles. The summed E-state index contributed by atoms with van der Waals surface area (Å²) < 4.78 is 10.4. The highest BCUT2D eigenvalue weighted by Crippen LogP contribution is 2.14. The van der Waals surface area contributed by atoms with E-state index in [0.717, 1.165) is 6.54 Å². The summed E-state index contributed by atoms with van der Waals surface area (Å²) in [4.78, 5) is 13.7. The van der Waals surface area contributed by atoms with E-state index in [1.807, 2.05) is 0 Å². The molecular formula is C12H21N3O3. The molecule has 0 atom stereocenters. The lowest BCUT2D eigenvalue weighted by Crippen LogP contribution is -2.35. The number of nitrogens with one attached hydrogen (secondary N) is 1. The first-order chi connectivity index (χ1) is 8.60. The monoisotopic (exact) mass is 255 g/mol. The lowest BCUT2D eigenvalue weighted by atomic mass is 10.2. The summed E-state index contributed by atoms with van der Waals surface area (Å²) in [6, 6.07) is 1.95. The number of hydrogen-bond donors (Lipinski definition) is 2. The molecule has 0 aromatic carbocycles. The van der Waals surface area contributed by atoms with E-state index in [-0.39, 0.29) is 5.91 Å². The topological polar surface area (TPSA) is 80.7 Å². The number of nitrogen functional groups attached to an aromatic ring is 1. The highest BCUT2D eigenvalue weighted by Gasteiger charge is 2.18. The minimum atomic E-state index is -0.339. The Bertz CT molecular complexity index is 376. The molecule has 0 bridgehead atoms. The zero-order chi connectivity index (χ0) is 13.5. The van der Waals surface area contributed by atoms with Gasteiger partial charge in [0.15, 0.2) is 0 Å². The van der Waals surface area contributed by atoms with Gasteiger partial charge in [-0.1, -0.05) is 0 Å². The van der Waals surface area contributed by atoms with Crippen molar-refractivity contribution in [2.45, 2.75) is 26.4 Å². The molecule has 0 saturated carbocycles. The van der Waals surface area contributed by atoms with Crippen LogP contribution < -0.4 is 11.3 Å². The van der Waals surface area contributed by atoms with Crippen molar-refractivity contribution in [1.82, 2.24) is 10.3 Å². The van der Waals surface area contributed by atoms with E-state index in [0.29, 0.717) is 30.5 Å². The fraction of sp³-hybridized carbons (Fsp3) is 0.583. The van der Waals surface area contributed by atoms with Crippen LogP contribution in [0.15, 0.2) is 16.7 Å². The molecule has 1 amide bonds. The molecule has 6 heteroatoms. The fourth-order valence-electron chi connectivity index (χ4n) is 1.66. The number of amides is 1. The lowest BCUT2D eigenvalue weighted by Gasteiger charge is -2.25. The Hall–Kier alpha value is -1.37. The van der Waals surface area contributed by atoms with Crippen LogP contribution in [0.4, 0.5) is 0 Å². The Morgan fingerprint density at radius 2 is 2.33 bits per heavy atom. The number of carbonyl (C=O) groups is 1. The van der Waals surface area contributed by atoms with E-state index in [2.05, 4.69) is 24.2 Å². The van der Waals surface area contributed by atoms with E-state index in [9.17, 15) is 4.79 Å². The molecule has 18 heavy (non-hydrogen) atoms. The van der Waals surface area contributed by atoms with Crippen LogP contribution in [0.5, 0.6) is 0 Å². The first-order valence-electron chi connectivity index (χ1n) is 5.90. The van der Waals surface area contributed by atoms with Gasteiger partial charge in [0.05, 0.1) is 25.0 Å². The largest absolute Gasteiger partial charge is 0.467 e. The molecule has 0 aliphatic heterocycles. The Morgan fingerprint density at radius 1 is 1.61 bits per heavy atom. The maximum atomic E-state index is 11.5. The first-order valence-corrected chi connectivity index (χ1v) is 5.90. The van der Waals surface area contributed by atoms with E-state index in [1.54, 1.807) is 13.2 Å². The average molecular weight is 255 g/mol. The summed E-state index contributed by atoms with van der Waals surface area (Å²) >= 11 is 0. The van der Waals surface area contributed by atoms with E-state index < -0.39 is 0 Å². The molecule has 1 heterocycles. The predicted molar refractivity (Wildman–Crippen MR) is 67.8 cm³/mol. The number of methoxy groups -OCH3 is 1. The fourth-order valence-corrected chi connectivity index (χ4v) is 1.66. The van der Waals surface area contributed by atoms with Crippen LogP contribution in [-0.2, 0) is 11.3 Å². The summed E-state index contributed by atoms with van der Waals surface area (Å²) in [6.07, 6.45) is 1.49. The third-order valence-electron chi connectivity index (χ3n) is 2.78. The smallest absolute Gasteiger partial charge is 0.268 e. The summed E-state index contributed by atoms with van der Waals surface area (Å²) in [5.74, 6) is 5.40. The highest BCUT2D eigenvalue weighted by atomic mass is 16.5. The predicted octanol–water partition coefficient (Wildman–Crippen LogP) is 0.740. The van der Waals surface area contributed by atoms with Gasteiger partial charge in [0.1, 0.15) is 5.76 Å². The molecule has 3 N–H and O–H groups in total. The molecule has 0 spiro atoms. The minimum Gasteiger partial charge on any atom is -0.467 e. The van der Waals surface area contributed by atoms with Crippen LogP contribution in [0.25, 0.3) is 0 Å². The Labute approximate surface area is 107 Å². The second-order valence-corrected chi connectivity index (χ2v) is 4.29. The van der Waals surface area contributed by atoms with Crippen LogP contribution in [-0.4, -0.2) is 37.1 Å². The molecule has 0 aliphatic carbocycles. The van der Waals surface area contributed by atoms with Crippen LogP contribution >= 0.6 is 0 Å². The van der Waals surface area contributed by atoms with Crippen molar-refractivity contribution in [3.63, 3.8) is 0 Å². The van der Waals surface area contributed by atoms with Gasteiger partial charge in [0.2, 0.25) is 0 Å². The number of nitrogens with two attached hydrogens (primary N) is 1. The van der Waals surface area contributed by atoms with Crippen LogP contribution in [0.3, 0.4) is 0 Å². The number of nitrogens with zero attached hydrogens (tertiary/aromatic N) is 1. The number of ether oxygens (including phenoxy) is 1. The maximum Gasteiger partial charge on any atom is 0.268 e. The van der Waals surface area contributed by atoms with Gasteiger partial charge in [0.25, 0.3) is 5.91 Å². The number of carbonyl (C=O) groups excluding carboxylic acids is 1. The molecule has 0 fully saturated rings. The Kier molecular flexibility index (Phi) is 5.84. The summed E-state index contributed by atoms with van der Waals surface area (Å²) in [5.41, 5.74) is 2.58. The molecule has 6 nitrogen and oxygen atoms in total. The summed E-state index contributed by atoms with van der Waals surface area (Å²) in [5, 5.41) is 0. The summed E-state index contributed by atoms with van der Waals surface area (Å²) in [7, 11) is 1.67. The van der Waals surface area contributed by atoms with Crippen LogP contribution in [0.1, 0.15) is 30.0 Å². The van der Waals surface area contributed by atoms with Crippen molar-refractivity contribution in [2.24, 2.45) is 5.84 Å². The zero-order valence-electron chi connectivity index (χ0n) is 11.1. The quantitative estimate of drug-likeness (QED) is 0.427.